The van der Waals surface area contributed by atoms with Crippen LogP contribution >= 0.6 is 39.1 Å². The quantitative estimate of drug-likeness (QED) is 0.225. The van der Waals surface area contributed by atoms with Crippen LogP contribution in [-0.2, 0) is 13.0 Å². The lowest BCUT2D eigenvalue weighted by molar-refractivity contribution is 0.0953. The number of rotatable bonds is 9. The zero-order valence-electron chi connectivity index (χ0n) is 18.0. The van der Waals surface area contributed by atoms with Crippen molar-refractivity contribution in [3.63, 3.8) is 0 Å². The third kappa shape index (κ3) is 5.97. The van der Waals surface area contributed by atoms with Gasteiger partial charge in [-0.05, 0) is 55.3 Å². The van der Waals surface area contributed by atoms with E-state index in [-0.39, 0.29) is 5.91 Å². The number of carbonyl (C=O) groups is 1. The Morgan fingerprint density at radius 3 is 2.48 bits per heavy atom. The van der Waals surface area contributed by atoms with Crippen molar-refractivity contribution < 1.29 is 4.79 Å². The topological polar surface area (TPSA) is 46.9 Å². The Labute approximate surface area is 212 Å². The lowest BCUT2D eigenvalue weighted by Crippen LogP contribution is -2.24. The van der Waals surface area contributed by atoms with Crippen LogP contribution in [0.3, 0.4) is 0 Å². The Bertz CT molecular complexity index is 1250. The number of para-hydroxylation sites is 2. The summed E-state index contributed by atoms with van der Waals surface area (Å²) in [7, 11) is 0. The lowest BCUT2D eigenvalue weighted by Gasteiger charge is -2.12. The number of fused-ring (bicyclic) bond motifs is 1. The van der Waals surface area contributed by atoms with Crippen LogP contribution in [0.5, 0.6) is 0 Å². The van der Waals surface area contributed by atoms with Crippen LogP contribution in [0.2, 0.25) is 10.0 Å². The molecule has 0 fully saturated rings. The summed E-state index contributed by atoms with van der Waals surface area (Å²) in [5.74, 6) is 0.972. The van der Waals surface area contributed by atoms with Gasteiger partial charge in [0.2, 0.25) is 0 Å². The Kier molecular flexibility index (Phi) is 8.07. The van der Waals surface area contributed by atoms with E-state index in [9.17, 15) is 4.79 Å². The second-order valence-electron chi connectivity index (χ2n) is 7.88. The second kappa shape index (κ2) is 11.2. The van der Waals surface area contributed by atoms with E-state index in [4.69, 9.17) is 28.2 Å². The summed E-state index contributed by atoms with van der Waals surface area (Å²) in [5, 5.41) is 4.31. The summed E-state index contributed by atoms with van der Waals surface area (Å²) >= 11 is 16.3. The van der Waals surface area contributed by atoms with Crippen molar-refractivity contribution in [2.24, 2.45) is 0 Å². The number of amides is 1. The molecular formula is C26H24BrCl2N3O. The van der Waals surface area contributed by atoms with Gasteiger partial charge in [0, 0.05) is 38.6 Å². The number of hydrogen-bond donors (Lipinski definition) is 1. The van der Waals surface area contributed by atoms with Gasteiger partial charge in [-0.15, -0.1) is 0 Å². The summed E-state index contributed by atoms with van der Waals surface area (Å²) in [6.07, 6.45) is 3.73. The van der Waals surface area contributed by atoms with E-state index in [1.165, 1.54) is 0 Å². The zero-order chi connectivity index (χ0) is 23.2. The minimum Gasteiger partial charge on any atom is -0.352 e. The van der Waals surface area contributed by atoms with E-state index < -0.39 is 0 Å². The largest absolute Gasteiger partial charge is 0.352 e. The molecular weight excluding hydrogens is 521 g/mol. The van der Waals surface area contributed by atoms with Gasteiger partial charge in [-0.2, -0.15) is 0 Å². The van der Waals surface area contributed by atoms with Gasteiger partial charge >= 0.3 is 0 Å². The molecule has 1 N–H and O–H groups in total. The van der Waals surface area contributed by atoms with E-state index >= 15 is 0 Å². The molecule has 170 valence electrons. The van der Waals surface area contributed by atoms with Crippen LogP contribution < -0.4 is 5.32 Å². The van der Waals surface area contributed by atoms with Gasteiger partial charge in [-0.3, -0.25) is 4.79 Å². The van der Waals surface area contributed by atoms with Gasteiger partial charge < -0.3 is 9.88 Å². The summed E-state index contributed by atoms with van der Waals surface area (Å²) in [5.41, 5.74) is 3.61. The maximum atomic E-state index is 12.3. The Hall–Kier alpha value is -2.34. The predicted molar refractivity (Wildman–Crippen MR) is 139 cm³/mol. The SMILES string of the molecule is O=C(NCCCCCc1nc2ccccc2n1Cc1c(Cl)cccc1Cl)c1cccc(Br)c1. The standard InChI is InChI=1S/C26H24BrCl2N3O/c27-19-9-6-8-18(16-19)26(33)30-15-5-1-2-14-25-31-23-12-3-4-13-24(23)32(25)17-20-21(28)10-7-11-22(20)29/h3-4,6-13,16H,1-2,5,14-15,17H2,(H,30,33). The molecule has 0 spiro atoms. The molecule has 0 aliphatic heterocycles. The number of imidazole rings is 1. The van der Waals surface area contributed by atoms with Gasteiger partial charge in [0.05, 0.1) is 17.6 Å². The van der Waals surface area contributed by atoms with Crippen LogP contribution in [0, 0.1) is 0 Å². The van der Waals surface area contributed by atoms with E-state index in [1.54, 1.807) is 0 Å². The van der Waals surface area contributed by atoms with Crippen LogP contribution in [-0.4, -0.2) is 22.0 Å². The van der Waals surface area contributed by atoms with Crippen molar-refractivity contribution >= 4 is 56.1 Å². The number of nitrogens with zero attached hydrogens (tertiary/aromatic N) is 2. The molecule has 1 aromatic heterocycles. The average Bonchev–Trinajstić information content (AvgIpc) is 3.15. The van der Waals surface area contributed by atoms with E-state index in [0.29, 0.717) is 28.7 Å². The third-order valence-corrected chi connectivity index (χ3v) is 6.76. The van der Waals surface area contributed by atoms with Crippen LogP contribution in [0.1, 0.15) is 41.0 Å². The van der Waals surface area contributed by atoms with Gasteiger partial charge in [-0.25, -0.2) is 4.98 Å². The molecule has 33 heavy (non-hydrogen) atoms. The van der Waals surface area contributed by atoms with E-state index in [2.05, 4.69) is 31.9 Å². The summed E-state index contributed by atoms with van der Waals surface area (Å²) in [4.78, 5) is 17.1. The fourth-order valence-corrected chi connectivity index (χ4v) is 4.77. The van der Waals surface area contributed by atoms with Crippen LogP contribution in [0.25, 0.3) is 11.0 Å². The number of aromatic nitrogens is 2. The van der Waals surface area contributed by atoms with Gasteiger partial charge in [0.1, 0.15) is 5.82 Å². The van der Waals surface area contributed by atoms with Crippen molar-refractivity contribution in [1.82, 2.24) is 14.9 Å². The Morgan fingerprint density at radius 1 is 0.939 bits per heavy atom. The van der Waals surface area contributed by atoms with Gasteiger partial charge in [0.25, 0.3) is 5.91 Å². The first-order chi connectivity index (χ1) is 16.0. The monoisotopic (exact) mass is 543 g/mol. The van der Waals surface area contributed by atoms with Crippen molar-refractivity contribution in [3.05, 3.63) is 98.2 Å². The number of aryl methyl sites for hydroxylation is 1. The Morgan fingerprint density at radius 2 is 1.70 bits per heavy atom. The van der Waals surface area contributed by atoms with Crippen molar-refractivity contribution in [2.75, 3.05) is 6.54 Å². The van der Waals surface area contributed by atoms with Gasteiger partial charge in [-0.1, -0.05) is 69.8 Å². The van der Waals surface area contributed by atoms with Crippen molar-refractivity contribution in [2.45, 2.75) is 32.2 Å². The molecule has 0 aliphatic carbocycles. The first kappa shape index (κ1) is 23.8. The molecule has 0 saturated carbocycles. The molecule has 0 bridgehead atoms. The smallest absolute Gasteiger partial charge is 0.251 e. The first-order valence-corrected chi connectivity index (χ1v) is 12.5. The van der Waals surface area contributed by atoms with Crippen molar-refractivity contribution in [3.8, 4) is 0 Å². The normalized spacial score (nSPS) is 11.1. The molecule has 1 amide bonds. The van der Waals surface area contributed by atoms with Crippen LogP contribution in [0.15, 0.2) is 71.2 Å². The first-order valence-electron chi connectivity index (χ1n) is 10.9. The summed E-state index contributed by atoms with van der Waals surface area (Å²) in [6, 6.07) is 21.1. The number of unbranched alkanes of at least 4 members (excludes halogenated alkanes) is 2. The molecule has 0 aliphatic rings. The average molecular weight is 545 g/mol. The molecule has 0 radical (unpaired) electrons. The highest BCUT2D eigenvalue weighted by Gasteiger charge is 2.14. The zero-order valence-corrected chi connectivity index (χ0v) is 21.1. The third-order valence-electron chi connectivity index (χ3n) is 5.56. The molecule has 4 nitrogen and oxygen atoms in total. The predicted octanol–water partition coefficient (Wildman–Crippen LogP) is 7.30. The number of carbonyl (C=O) groups excluding carboxylic acids is 1. The number of halogens is 3. The maximum absolute atomic E-state index is 12.3. The molecule has 3 aromatic carbocycles. The number of hydrogen-bond acceptors (Lipinski definition) is 2. The molecule has 0 unspecified atom stereocenters. The highest BCUT2D eigenvalue weighted by Crippen LogP contribution is 2.28. The van der Waals surface area contributed by atoms with Gasteiger partial charge in [0.15, 0.2) is 0 Å². The summed E-state index contributed by atoms with van der Waals surface area (Å²) < 4.78 is 3.11. The fraction of sp³-hybridized carbons (Fsp3) is 0.231. The maximum Gasteiger partial charge on any atom is 0.251 e. The molecule has 1 heterocycles. The Balaban J connectivity index is 1.36. The van der Waals surface area contributed by atoms with E-state index in [0.717, 1.165) is 52.6 Å². The minimum atomic E-state index is -0.0466. The van der Waals surface area contributed by atoms with Crippen LogP contribution in [0.4, 0.5) is 0 Å². The highest BCUT2D eigenvalue weighted by atomic mass is 79.9. The second-order valence-corrected chi connectivity index (χ2v) is 9.61. The molecule has 0 saturated heterocycles. The fourth-order valence-electron chi connectivity index (χ4n) is 3.85. The lowest BCUT2D eigenvalue weighted by atomic mass is 10.1. The van der Waals surface area contributed by atoms with E-state index in [1.807, 2.05) is 60.7 Å². The summed E-state index contributed by atoms with van der Waals surface area (Å²) in [6.45, 7) is 1.23. The van der Waals surface area contributed by atoms with Crippen molar-refractivity contribution in [1.29, 1.82) is 0 Å². The molecule has 7 heteroatoms. The number of benzene rings is 3. The molecule has 4 aromatic rings. The molecule has 0 atom stereocenters. The number of nitrogens with one attached hydrogen (secondary N) is 1. The minimum absolute atomic E-state index is 0.0466. The molecule has 4 rings (SSSR count). The highest BCUT2D eigenvalue weighted by molar-refractivity contribution is 9.10.